The fourth-order valence-corrected chi connectivity index (χ4v) is 3.91. The normalized spacial score (nSPS) is 17.8. The van der Waals surface area contributed by atoms with Gasteiger partial charge < -0.3 is 24.1 Å². The average molecular weight is 399 g/mol. The van der Waals surface area contributed by atoms with Gasteiger partial charge in [0.1, 0.15) is 12.4 Å². The number of nitrogens with one attached hydrogen (secondary N) is 1. The smallest absolute Gasteiger partial charge is 0.289 e. The minimum absolute atomic E-state index is 0.0530. The summed E-state index contributed by atoms with van der Waals surface area (Å²) in [5.41, 5.74) is 0. The standard InChI is InChI=1S/C20H29N7O2/c1-2-21-20(22-15-18-24-23-17-8-4-3-5-9-27(17)18)26-12-10-25(11-13-26)19(28)16-7-6-14-29-16/h6-7,14H,2-5,8-13,15H2,1H3,(H,21,22). The molecule has 0 aromatic carbocycles. The average Bonchev–Trinajstić information content (AvgIpc) is 3.36. The van der Waals surface area contributed by atoms with Gasteiger partial charge >= 0.3 is 0 Å². The molecular weight excluding hydrogens is 370 g/mol. The molecule has 1 fully saturated rings. The predicted octanol–water partition coefficient (Wildman–Crippen LogP) is 1.52. The molecule has 1 saturated heterocycles. The summed E-state index contributed by atoms with van der Waals surface area (Å²) in [6.07, 6.45) is 6.14. The Morgan fingerprint density at radius 1 is 1.14 bits per heavy atom. The van der Waals surface area contributed by atoms with Crippen LogP contribution in [0.2, 0.25) is 0 Å². The van der Waals surface area contributed by atoms with Gasteiger partial charge in [0.2, 0.25) is 0 Å². The van der Waals surface area contributed by atoms with E-state index < -0.39 is 0 Å². The van der Waals surface area contributed by atoms with Crippen LogP contribution in [0.3, 0.4) is 0 Å². The van der Waals surface area contributed by atoms with E-state index >= 15 is 0 Å². The number of piperazine rings is 1. The first-order valence-electron chi connectivity index (χ1n) is 10.5. The van der Waals surface area contributed by atoms with E-state index in [1.165, 1.54) is 25.5 Å². The van der Waals surface area contributed by atoms with Crippen molar-refractivity contribution in [3.63, 3.8) is 0 Å². The quantitative estimate of drug-likeness (QED) is 0.619. The van der Waals surface area contributed by atoms with Crippen molar-refractivity contribution < 1.29 is 9.21 Å². The number of carbonyl (C=O) groups excluding carboxylic acids is 1. The molecule has 0 bridgehead atoms. The Labute approximate surface area is 170 Å². The molecule has 1 N–H and O–H groups in total. The summed E-state index contributed by atoms with van der Waals surface area (Å²) in [5, 5.41) is 12.1. The van der Waals surface area contributed by atoms with Gasteiger partial charge in [-0.15, -0.1) is 10.2 Å². The van der Waals surface area contributed by atoms with E-state index in [2.05, 4.69) is 31.9 Å². The maximum atomic E-state index is 12.5. The van der Waals surface area contributed by atoms with Gasteiger partial charge in [-0.3, -0.25) is 4.79 Å². The van der Waals surface area contributed by atoms with Crippen LogP contribution in [0.25, 0.3) is 0 Å². The van der Waals surface area contributed by atoms with Gasteiger partial charge in [-0.1, -0.05) is 6.42 Å². The molecule has 2 aromatic rings. The van der Waals surface area contributed by atoms with Gasteiger partial charge in [0, 0.05) is 45.7 Å². The molecule has 0 saturated carbocycles. The Kier molecular flexibility index (Phi) is 6.12. The Morgan fingerprint density at radius 3 is 2.72 bits per heavy atom. The van der Waals surface area contributed by atoms with Crippen LogP contribution in [0.15, 0.2) is 27.8 Å². The van der Waals surface area contributed by atoms with Crippen molar-refractivity contribution in [2.75, 3.05) is 32.7 Å². The van der Waals surface area contributed by atoms with E-state index in [1.807, 2.05) is 4.90 Å². The molecule has 0 atom stereocenters. The summed E-state index contributed by atoms with van der Waals surface area (Å²) in [7, 11) is 0. The number of amides is 1. The second kappa shape index (κ2) is 9.11. The van der Waals surface area contributed by atoms with E-state index in [0.717, 1.165) is 50.2 Å². The first-order valence-corrected chi connectivity index (χ1v) is 10.5. The van der Waals surface area contributed by atoms with Crippen molar-refractivity contribution in [2.24, 2.45) is 4.99 Å². The molecule has 4 rings (SSSR count). The van der Waals surface area contributed by atoms with Crippen LogP contribution in [0.5, 0.6) is 0 Å². The maximum Gasteiger partial charge on any atom is 0.289 e. The van der Waals surface area contributed by atoms with E-state index in [1.54, 1.807) is 12.1 Å². The van der Waals surface area contributed by atoms with Crippen LogP contribution in [0, 0.1) is 0 Å². The van der Waals surface area contributed by atoms with Gasteiger partial charge in [0.05, 0.1) is 6.26 Å². The topological polar surface area (TPSA) is 91.8 Å². The van der Waals surface area contributed by atoms with Gasteiger partial charge in [0.15, 0.2) is 17.5 Å². The first kappa shape index (κ1) is 19.5. The van der Waals surface area contributed by atoms with E-state index in [0.29, 0.717) is 25.4 Å². The van der Waals surface area contributed by atoms with Crippen molar-refractivity contribution in [1.82, 2.24) is 29.9 Å². The minimum atomic E-state index is -0.0530. The van der Waals surface area contributed by atoms with Crippen molar-refractivity contribution >= 4 is 11.9 Å². The molecule has 1 amide bonds. The van der Waals surface area contributed by atoms with Gasteiger partial charge in [-0.05, 0) is 31.9 Å². The van der Waals surface area contributed by atoms with E-state index in [-0.39, 0.29) is 5.91 Å². The Hall–Kier alpha value is -2.84. The molecule has 2 aliphatic rings. The zero-order valence-electron chi connectivity index (χ0n) is 17.0. The molecule has 156 valence electrons. The molecule has 0 unspecified atom stereocenters. The molecule has 4 heterocycles. The SMILES string of the molecule is CCNC(=NCc1nnc2n1CCCCC2)N1CCN(C(=O)c2ccco2)CC1. The monoisotopic (exact) mass is 399 g/mol. The Morgan fingerprint density at radius 2 is 1.97 bits per heavy atom. The number of hydrogen-bond acceptors (Lipinski definition) is 5. The highest BCUT2D eigenvalue weighted by molar-refractivity contribution is 5.91. The molecule has 9 nitrogen and oxygen atoms in total. The van der Waals surface area contributed by atoms with Crippen molar-refractivity contribution in [2.45, 2.75) is 45.7 Å². The fraction of sp³-hybridized carbons (Fsp3) is 0.600. The third kappa shape index (κ3) is 4.44. The molecule has 2 aromatic heterocycles. The van der Waals surface area contributed by atoms with Crippen LogP contribution in [-0.4, -0.2) is 69.2 Å². The molecule has 9 heteroatoms. The summed E-state index contributed by atoms with van der Waals surface area (Å²) in [4.78, 5) is 21.3. The highest BCUT2D eigenvalue weighted by Crippen LogP contribution is 2.15. The molecular formula is C20H29N7O2. The highest BCUT2D eigenvalue weighted by atomic mass is 16.3. The maximum absolute atomic E-state index is 12.5. The number of hydrogen-bond donors (Lipinski definition) is 1. The lowest BCUT2D eigenvalue weighted by atomic mass is 10.2. The van der Waals surface area contributed by atoms with Gasteiger partial charge in [-0.25, -0.2) is 4.99 Å². The Balaban J connectivity index is 1.39. The number of aliphatic imine (C=N–C) groups is 1. The number of carbonyl (C=O) groups is 1. The number of aromatic nitrogens is 3. The lowest BCUT2D eigenvalue weighted by Gasteiger charge is -2.36. The van der Waals surface area contributed by atoms with Crippen molar-refractivity contribution in [1.29, 1.82) is 0 Å². The lowest BCUT2D eigenvalue weighted by molar-refractivity contribution is 0.0657. The number of furan rings is 1. The molecule has 0 aliphatic carbocycles. The van der Waals surface area contributed by atoms with Crippen LogP contribution in [0.4, 0.5) is 0 Å². The highest BCUT2D eigenvalue weighted by Gasteiger charge is 2.25. The molecule has 0 radical (unpaired) electrons. The van der Waals surface area contributed by atoms with Gasteiger partial charge in [-0.2, -0.15) is 0 Å². The number of guanidine groups is 1. The van der Waals surface area contributed by atoms with Crippen LogP contribution >= 0.6 is 0 Å². The van der Waals surface area contributed by atoms with E-state index in [9.17, 15) is 4.79 Å². The summed E-state index contributed by atoms with van der Waals surface area (Å²) in [6, 6.07) is 3.45. The second-order valence-corrected chi connectivity index (χ2v) is 7.42. The second-order valence-electron chi connectivity index (χ2n) is 7.42. The van der Waals surface area contributed by atoms with Crippen LogP contribution in [0.1, 0.15) is 48.4 Å². The Bertz CT molecular complexity index is 835. The first-order chi connectivity index (χ1) is 14.3. The number of rotatable bonds is 4. The third-order valence-corrected chi connectivity index (χ3v) is 5.49. The summed E-state index contributed by atoms with van der Waals surface area (Å²) in [5.74, 6) is 3.23. The zero-order chi connectivity index (χ0) is 20.1. The third-order valence-electron chi connectivity index (χ3n) is 5.49. The van der Waals surface area contributed by atoms with Crippen molar-refractivity contribution in [3.8, 4) is 0 Å². The lowest BCUT2D eigenvalue weighted by Crippen LogP contribution is -2.53. The zero-order valence-corrected chi connectivity index (χ0v) is 17.0. The largest absolute Gasteiger partial charge is 0.459 e. The van der Waals surface area contributed by atoms with Crippen molar-refractivity contribution in [3.05, 3.63) is 35.8 Å². The molecule has 29 heavy (non-hydrogen) atoms. The molecule has 0 spiro atoms. The molecule has 2 aliphatic heterocycles. The summed E-state index contributed by atoms with van der Waals surface area (Å²) >= 11 is 0. The van der Waals surface area contributed by atoms with E-state index in [4.69, 9.17) is 9.41 Å². The fourth-order valence-electron chi connectivity index (χ4n) is 3.91. The summed E-state index contributed by atoms with van der Waals surface area (Å²) in [6.45, 7) is 7.11. The number of nitrogens with zero attached hydrogens (tertiary/aromatic N) is 6. The number of aryl methyl sites for hydroxylation is 1. The predicted molar refractivity (Wildman–Crippen MR) is 109 cm³/mol. The minimum Gasteiger partial charge on any atom is -0.459 e. The summed E-state index contributed by atoms with van der Waals surface area (Å²) < 4.78 is 7.48. The number of fused-ring (bicyclic) bond motifs is 1. The van der Waals surface area contributed by atoms with Crippen LogP contribution < -0.4 is 5.32 Å². The van der Waals surface area contributed by atoms with Gasteiger partial charge in [0.25, 0.3) is 5.91 Å². The van der Waals surface area contributed by atoms with Crippen LogP contribution in [-0.2, 0) is 19.5 Å².